The minimum Gasteiger partial charge on any atom is -0.508 e. The molecule has 0 fully saturated rings. The van der Waals surface area contributed by atoms with E-state index in [0.717, 1.165) is 36.3 Å². The molecule has 3 rings (SSSR count). The van der Waals surface area contributed by atoms with Gasteiger partial charge in [0.2, 0.25) is 5.88 Å². The minimum absolute atomic E-state index is 0.0343. The lowest BCUT2D eigenvalue weighted by molar-refractivity contribution is 0.248. The fourth-order valence-corrected chi connectivity index (χ4v) is 4.02. The molecule has 0 atom stereocenters. The van der Waals surface area contributed by atoms with Crippen LogP contribution in [0.5, 0.6) is 11.5 Å². The van der Waals surface area contributed by atoms with Gasteiger partial charge in [0.1, 0.15) is 17.2 Å². The number of hydrogen-bond donors (Lipinski definition) is 3. The number of nitrogens with one attached hydrogen (secondary N) is 1. The van der Waals surface area contributed by atoms with E-state index in [-0.39, 0.29) is 17.4 Å². The first kappa shape index (κ1) is 23.7. The van der Waals surface area contributed by atoms with Crippen molar-refractivity contribution in [2.75, 3.05) is 25.5 Å². The average Bonchev–Trinajstić information content (AvgIpc) is 3.17. The highest BCUT2D eigenvalue weighted by Gasteiger charge is 2.23. The summed E-state index contributed by atoms with van der Waals surface area (Å²) in [6, 6.07) is 11.6. The molecule has 0 saturated carbocycles. The van der Waals surface area contributed by atoms with Crippen LogP contribution < -0.4 is 5.32 Å². The van der Waals surface area contributed by atoms with Crippen molar-refractivity contribution in [3.63, 3.8) is 0 Å². The third kappa shape index (κ3) is 5.07. The summed E-state index contributed by atoms with van der Waals surface area (Å²) in [5.41, 5.74) is 4.79. The van der Waals surface area contributed by atoms with Crippen molar-refractivity contribution >= 4 is 5.88 Å². The molecule has 0 spiro atoms. The van der Waals surface area contributed by atoms with Crippen molar-refractivity contribution in [2.24, 2.45) is 5.92 Å². The van der Waals surface area contributed by atoms with Crippen molar-refractivity contribution in [2.45, 2.75) is 47.1 Å². The van der Waals surface area contributed by atoms with Gasteiger partial charge in [-0.25, -0.2) is 0 Å². The summed E-state index contributed by atoms with van der Waals surface area (Å²) in [5.74, 6) is 1.29. The Hall–Kier alpha value is -2.99. The van der Waals surface area contributed by atoms with Crippen molar-refractivity contribution in [3.8, 4) is 33.9 Å². The van der Waals surface area contributed by atoms with Crippen LogP contribution in [0.3, 0.4) is 0 Å². The number of phenols is 2. The van der Waals surface area contributed by atoms with Gasteiger partial charge in [0, 0.05) is 31.8 Å². The van der Waals surface area contributed by atoms with Gasteiger partial charge in [-0.2, -0.15) is 0 Å². The van der Waals surface area contributed by atoms with Gasteiger partial charge in [0.15, 0.2) is 0 Å². The van der Waals surface area contributed by atoms with Crippen LogP contribution in [0.15, 0.2) is 40.9 Å². The van der Waals surface area contributed by atoms with Gasteiger partial charge >= 0.3 is 0 Å². The Morgan fingerprint density at radius 2 is 1.72 bits per heavy atom. The van der Waals surface area contributed by atoms with Crippen LogP contribution in [-0.4, -0.2) is 40.4 Å². The molecule has 0 amide bonds. The quantitative estimate of drug-likeness (QED) is 0.377. The number of nitrogens with zero attached hydrogens (tertiary/aromatic N) is 2. The molecular formula is C26H35N3O3. The van der Waals surface area contributed by atoms with Crippen LogP contribution in [0.1, 0.15) is 51.7 Å². The Bertz CT molecular complexity index is 1040. The van der Waals surface area contributed by atoms with Gasteiger partial charge < -0.3 is 20.1 Å². The summed E-state index contributed by atoms with van der Waals surface area (Å²) in [5, 5.41) is 28.1. The molecule has 2 aromatic carbocycles. The number of anilines is 1. The maximum Gasteiger partial charge on any atom is 0.232 e. The molecule has 6 nitrogen and oxygen atoms in total. The normalized spacial score (nSPS) is 11.7. The SMILES string of the molecule is CCN(Cc1ccc(-c2c(-c3cc(C(C)C)c(O)cc3O)noc2NC)cc1)CC(C)C. The number of phenolic OH excluding ortho intramolecular Hbond substituents is 2. The standard InChI is InChI=1S/C26H35N3O3/c1-7-29(14-16(2)3)15-18-8-10-19(11-9-18)24-25(28-32-26(24)27-6)21-12-20(17(4)5)22(30)13-23(21)31/h8-13,16-17,27,30-31H,7,14-15H2,1-6H3. The number of benzene rings is 2. The topological polar surface area (TPSA) is 81.8 Å². The monoisotopic (exact) mass is 437 g/mol. The summed E-state index contributed by atoms with van der Waals surface area (Å²) in [6.07, 6.45) is 0. The maximum atomic E-state index is 10.6. The van der Waals surface area contributed by atoms with Crippen LogP contribution in [-0.2, 0) is 6.54 Å². The van der Waals surface area contributed by atoms with E-state index in [1.54, 1.807) is 13.1 Å². The Labute approximate surface area is 190 Å². The van der Waals surface area contributed by atoms with Crippen LogP contribution in [0.4, 0.5) is 5.88 Å². The van der Waals surface area contributed by atoms with Crippen LogP contribution in [0.25, 0.3) is 22.4 Å². The lowest BCUT2D eigenvalue weighted by atomic mass is 9.94. The zero-order chi connectivity index (χ0) is 23.4. The Morgan fingerprint density at radius 1 is 1.03 bits per heavy atom. The fourth-order valence-electron chi connectivity index (χ4n) is 4.02. The van der Waals surface area contributed by atoms with Crippen LogP contribution in [0, 0.1) is 5.92 Å². The summed E-state index contributed by atoms with van der Waals surface area (Å²) in [4.78, 5) is 2.44. The molecule has 32 heavy (non-hydrogen) atoms. The third-order valence-corrected chi connectivity index (χ3v) is 5.66. The summed E-state index contributed by atoms with van der Waals surface area (Å²) < 4.78 is 5.55. The molecule has 0 saturated heterocycles. The van der Waals surface area contributed by atoms with E-state index in [9.17, 15) is 10.2 Å². The van der Waals surface area contributed by atoms with E-state index >= 15 is 0 Å². The molecule has 172 valence electrons. The predicted molar refractivity (Wildman–Crippen MR) is 130 cm³/mol. The third-order valence-electron chi connectivity index (χ3n) is 5.66. The van der Waals surface area contributed by atoms with E-state index < -0.39 is 0 Å². The minimum atomic E-state index is -0.0343. The Morgan fingerprint density at radius 3 is 2.28 bits per heavy atom. The molecule has 0 bridgehead atoms. The first-order chi connectivity index (χ1) is 15.2. The first-order valence-corrected chi connectivity index (χ1v) is 11.3. The Balaban J connectivity index is 2.00. The number of aromatic nitrogens is 1. The highest BCUT2D eigenvalue weighted by atomic mass is 16.5. The van der Waals surface area contributed by atoms with Crippen LogP contribution >= 0.6 is 0 Å². The van der Waals surface area contributed by atoms with Gasteiger partial charge in [-0.15, -0.1) is 0 Å². The van der Waals surface area contributed by atoms with Gasteiger partial charge in [-0.05, 0) is 41.1 Å². The lowest BCUT2D eigenvalue weighted by Gasteiger charge is -2.22. The van der Waals surface area contributed by atoms with Crippen molar-refractivity contribution in [1.82, 2.24) is 10.1 Å². The van der Waals surface area contributed by atoms with Crippen molar-refractivity contribution in [3.05, 3.63) is 47.5 Å². The van der Waals surface area contributed by atoms with Gasteiger partial charge in [0.25, 0.3) is 0 Å². The number of rotatable bonds is 9. The molecule has 0 radical (unpaired) electrons. The molecule has 3 N–H and O–H groups in total. The molecule has 0 aliphatic heterocycles. The largest absolute Gasteiger partial charge is 0.508 e. The van der Waals surface area contributed by atoms with Gasteiger partial charge in [-0.3, -0.25) is 4.90 Å². The molecular weight excluding hydrogens is 402 g/mol. The predicted octanol–water partition coefficient (Wildman–Crippen LogP) is 6.06. The highest BCUT2D eigenvalue weighted by Crippen LogP contribution is 2.43. The van der Waals surface area contributed by atoms with E-state index in [1.165, 1.54) is 11.6 Å². The number of hydrogen-bond acceptors (Lipinski definition) is 6. The summed E-state index contributed by atoms with van der Waals surface area (Å²) >= 11 is 0. The van der Waals surface area contributed by atoms with E-state index in [1.807, 2.05) is 13.8 Å². The van der Waals surface area contributed by atoms with Crippen LogP contribution in [0.2, 0.25) is 0 Å². The van der Waals surface area contributed by atoms with E-state index in [4.69, 9.17) is 4.52 Å². The van der Waals surface area contributed by atoms with Crippen molar-refractivity contribution in [1.29, 1.82) is 0 Å². The molecule has 6 heteroatoms. The lowest BCUT2D eigenvalue weighted by Crippen LogP contribution is -2.26. The summed E-state index contributed by atoms with van der Waals surface area (Å²) in [7, 11) is 1.78. The molecule has 0 aliphatic carbocycles. The molecule has 3 aromatic rings. The maximum absolute atomic E-state index is 10.6. The number of aromatic hydroxyl groups is 2. The van der Waals surface area contributed by atoms with Gasteiger partial charge in [0.05, 0.1) is 5.56 Å². The Kier molecular flexibility index (Phi) is 7.46. The second-order valence-corrected chi connectivity index (χ2v) is 8.99. The highest BCUT2D eigenvalue weighted by molar-refractivity contribution is 5.89. The second kappa shape index (κ2) is 10.1. The molecule has 0 unspecified atom stereocenters. The van der Waals surface area contributed by atoms with Crippen molar-refractivity contribution < 1.29 is 14.7 Å². The second-order valence-electron chi connectivity index (χ2n) is 8.99. The molecule has 1 aromatic heterocycles. The zero-order valence-electron chi connectivity index (χ0n) is 19.9. The van der Waals surface area contributed by atoms with Gasteiger partial charge in [-0.1, -0.05) is 64.0 Å². The fraction of sp³-hybridized carbons (Fsp3) is 0.423. The molecule has 1 heterocycles. The van der Waals surface area contributed by atoms with E-state index in [2.05, 4.69) is 60.4 Å². The van der Waals surface area contributed by atoms with E-state index in [0.29, 0.717) is 23.1 Å². The summed E-state index contributed by atoms with van der Waals surface area (Å²) in [6.45, 7) is 13.6. The first-order valence-electron chi connectivity index (χ1n) is 11.3. The molecule has 0 aliphatic rings. The smallest absolute Gasteiger partial charge is 0.232 e. The average molecular weight is 438 g/mol. The zero-order valence-corrected chi connectivity index (χ0v) is 19.9.